The minimum atomic E-state index is -0.164. The van der Waals surface area contributed by atoms with Crippen LogP contribution in [-0.2, 0) is 9.59 Å². The van der Waals surface area contributed by atoms with Crippen molar-refractivity contribution in [2.45, 2.75) is 12.0 Å². The normalized spacial score (nSPS) is 24.3. The van der Waals surface area contributed by atoms with Crippen LogP contribution in [0.5, 0.6) is 0 Å². The summed E-state index contributed by atoms with van der Waals surface area (Å²) in [4.78, 5) is 32.1. The molecular formula is C19H21N3O2S2. The van der Waals surface area contributed by atoms with Crippen LogP contribution in [0, 0.1) is 0 Å². The van der Waals surface area contributed by atoms with Crippen LogP contribution < -0.4 is 4.90 Å². The number of likely N-dealkylation sites (tertiary alicyclic amines) is 1. The number of nitrogens with zero attached hydrogens (tertiary/aromatic N) is 3. The van der Waals surface area contributed by atoms with Gasteiger partial charge in [-0.2, -0.15) is 11.3 Å². The number of anilines is 1. The molecule has 0 saturated carbocycles. The second-order valence-corrected chi connectivity index (χ2v) is 8.66. The second kappa shape index (κ2) is 6.98. The third-order valence-electron chi connectivity index (χ3n) is 5.33. The van der Waals surface area contributed by atoms with Crippen molar-refractivity contribution in [3.63, 3.8) is 0 Å². The highest BCUT2D eigenvalue weighted by Gasteiger charge is 2.48. The van der Waals surface area contributed by atoms with E-state index >= 15 is 0 Å². The maximum atomic E-state index is 12.6. The smallest absolute Gasteiger partial charge is 0.246 e. The van der Waals surface area contributed by atoms with Crippen molar-refractivity contribution in [1.29, 1.82) is 0 Å². The Hall–Kier alpha value is -1.96. The van der Waals surface area contributed by atoms with Crippen molar-refractivity contribution in [2.24, 2.45) is 0 Å². The molecule has 2 saturated heterocycles. The summed E-state index contributed by atoms with van der Waals surface area (Å²) in [5.74, 6) is 0.168. The number of hydrogen-bond donors (Lipinski definition) is 0. The molecule has 7 heteroatoms. The van der Waals surface area contributed by atoms with Gasteiger partial charge in [0, 0.05) is 36.0 Å². The molecule has 0 aliphatic carbocycles. The molecule has 0 radical (unpaired) electrons. The number of carbonyl (C=O) groups is 2. The fourth-order valence-corrected chi connectivity index (χ4v) is 5.00. The fraction of sp³-hybridized carbons (Fsp3) is 0.368. The first kappa shape index (κ1) is 17.5. The highest BCUT2D eigenvalue weighted by molar-refractivity contribution is 7.10. The Kier molecular flexibility index (Phi) is 4.69. The average molecular weight is 388 g/mol. The highest BCUT2D eigenvalue weighted by Crippen LogP contribution is 2.34. The lowest BCUT2D eigenvalue weighted by Gasteiger charge is -2.46. The zero-order valence-electron chi connectivity index (χ0n) is 14.6. The van der Waals surface area contributed by atoms with Gasteiger partial charge in [0.25, 0.3) is 0 Å². The summed E-state index contributed by atoms with van der Waals surface area (Å²) >= 11 is 3.22. The Bertz CT molecular complexity index is 816. The summed E-state index contributed by atoms with van der Waals surface area (Å²) in [6, 6.07) is 5.97. The number of hydrogen-bond acceptors (Lipinski definition) is 5. The summed E-state index contributed by atoms with van der Waals surface area (Å²) in [5.41, 5.74) is 0.803. The first-order chi connectivity index (χ1) is 12.6. The molecule has 2 aromatic heterocycles. The maximum absolute atomic E-state index is 12.6. The molecule has 0 aromatic carbocycles. The Morgan fingerprint density at radius 3 is 2.88 bits per heavy atom. The number of thiophene rings is 2. The monoisotopic (exact) mass is 387 g/mol. The molecule has 136 valence electrons. The van der Waals surface area contributed by atoms with Gasteiger partial charge in [0.15, 0.2) is 0 Å². The number of likely N-dealkylation sites (N-methyl/N-ethyl adjacent to an activating group) is 1. The van der Waals surface area contributed by atoms with Crippen molar-refractivity contribution in [3.05, 3.63) is 45.3 Å². The lowest BCUT2D eigenvalue weighted by atomic mass is 9.93. The first-order valence-electron chi connectivity index (χ1n) is 8.62. The van der Waals surface area contributed by atoms with Gasteiger partial charge in [-0.15, -0.1) is 11.3 Å². The van der Waals surface area contributed by atoms with E-state index in [1.54, 1.807) is 28.7 Å². The highest BCUT2D eigenvalue weighted by atomic mass is 32.1. The van der Waals surface area contributed by atoms with Crippen molar-refractivity contribution >= 4 is 46.3 Å². The molecule has 2 aliphatic rings. The van der Waals surface area contributed by atoms with Crippen molar-refractivity contribution in [1.82, 2.24) is 9.80 Å². The van der Waals surface area contributed by atoms with Crippen LogP contribution in [0.2, 0.25) is 0 Å². The minimum Gasteiger partial charge on any atom is -0.337 e. The number of carbonyl (C=O) groups excluding carboxylic acids is 2. The first-order valence-corrected chi connectivity index (χ1v) is 10.4. The van der Waals surface area contributed by atoms with Crippen LogP contribution in [0.1, 0.15) is 11.3 Å². The van der Waals surface area contributed by atoms with E-state index in [2.05, 4.69) is 4.90 Å². The topological polar surface area (TPSA) is 43.9 Å². The molecule has 0 bridgehead atoms. The lowest BCUT2D eigenvalue weighted by Crippen LogP contribution is -2.64. The van der Waals surface area contributed by atoms with Crippen LogP contribution in [0.25, 0.3) is 6.08 Å². The zero-order valence-corrected chi connectivity index (χ0v) is 16.3. The molecule has 2 amide bonds. The SMILES string of the molecule is CN1CC(=O)N(c2ccsc2)CC12CCN(C(=O)/C=C/c1cccs1)C2. The molecule has 2 aromatic rings. The molecular weight excluding hydrogens is 366 g/mol. The van der Waals surface area contributed by atoms with Gasteiger partial charge in [-0.25, -0.2) is 0 Å². The van der Waals surface area contributed by atoms with E-state index in [0.29, 0.717) is 19.6 Å². The number of piperazine rings is 1. The second-order valence-electron chi connectivity index (χ2n) is 6.90. The molecule has 2 aliphatic heterocycles. The van der Waals surface area contributed by atoms with E-state index in [0.717, 1.165) is 23.5 Å². The van der Waals surface area contributed by atoms with Crippen LogP contribution in [0.3, 0.4) is 0 Å². The summed E-state index contributed by atoms with van der Waals surface area (Å²) in [6.45, 7) is 2.41. The molecule has 26 heavy (non-hydrogen) atoms. The Morgan fingerprint density at radius 2 is 2.15 bits per heavy atom. The van der Waals surface area contributed by atoms with E-state index in [1.807, 2.05) is 57.3 Å². The quantitative estimate of drug-likeness (QED) is 0.761. The molecule has 1 unspecified atom stereocenters. The van der Waals surface area contributed by atoms with E-state index < -0.39 is 0 Å². The lowest BCUT2D eigenvalue weighted by molar-refractivity contribution is -0.126. The zero-order chi connectivity index (χ0) is 18.1. The third-order valence-corrected chi connectivity index (χ3v) is 6.84. The summed E-state index contributed by atoms with van der Waals surface area (Å²) in [6.07, 6.45) is 4.43. The number of amides is 2. The van der Waals surface area contributed by atoms with E-state index in [4.69, 9.17) is 0 Å². The molecule has 2 fully saturated rings. The van der Waals surface area contributed by atoms with Gasteiger partial charge in [0.05, 0.1) is 17.8 Å². The van der Waals surface area contributed by atoms with Gasteiger partial charge in [0.2, 0.25) is 11.8 Å². The van der Waals surface area contributed by atoms with Gasteiger partial charge in [-0.05, 0) is 42.4 Å². The van der Waals surface area contributed by atoms with Crippen LogP contribution in [0.15, 0.2) is 40.4 Å². The van der Waals surface area contributed by atoms with E-state index in [-0.39, 0.29) is 17.4 Å². The third kappa shape index (κ3) is 3.22. The minimum absolute atomic E-state index is 0.0441. The molecule has 5 nitrogen and oxygen atoms in total. The van der Waals surface area contributed by atoms with E-state index in [1.165, 1.54) is 0 Å². The standard InChI is InChI=1S/C19H21N3O2S2/c1-20-11-18(24)22(15-6-10-25-12-15)14-19(20)7-8-21(13-19)17(23)5-4-16-3-2-9-26-16/h2-6,9-10,12H,7-8,11,13-14H2,1H3/b5-4+. The van der Waals surface area contributed by atoms with Gasteiger partial charge in [-0.1, -0.05) is 6.07 Å². The molecule has 4 heterocycles. The molecule has 0 N–H and O–H groups in total. The molecule has 4 rings (SSSR count). The predicted molar refractivity (Wildman–Crippen MR) is 107 cm³/mol. The van der Waals surface area contributed by atoms with Gasteiger partial charge < -0.3 is 9.80 Å². The van der Waals surface area contributed by atoms with Crippen LogP contribution >= 0.6 is 22.7 Å². The maximum Gasteiger partial charge on any atom is 0.246 e. The number of rotatable bonds is 3. The Labute approximate surface area is 161 Å². The largest absolute Gasteiger partial charge is 0.337 e. The van der Waals surface area contributed by atoms with Gasteiger partial charge >= 0.3 is 0 Å². The summed E-state index contributed by atoms with van der Waals surface area (Å²) < 4.78 is 0. The predicted octanol–water partition coefficient (Wildman–Crippen LogP) is 2.77. The Morgan fingerprint density at radius 1 is 1.27 bits per heavy atom. The molecule has 1 spiro atoms. The van der Waals surface area contributed by atoms with Crippen LogP contribution in [0.4, 0.5) is 5.69 Å². The fourth-order valence-electron chi connectivity index (χ4n) is 3.74. The summed E-state index contributed by atoms with van der Waals surface area (Å²) in [5, 5.41) is 6.01. The van der Waals surface area contributed by atoms with E-state index in [9.17, 15) is 9.59 Å². The van der Waals surface area contributed by atoms with Crippen molar-refractivity contribution in [2.75, 3.05) is 38.1 Å². The summed E-state index contributed by atoms with van der Waals surface area (Å²) in [7, 11) is 2.00. The van der Waals surface area contributed by atoms with Crippen LogP contribution in [-0.4, -0.2) is 60.4 Å². The van der Waals surface area contributed by atoms with Gasteiger partial charge in [-0.3, -0.25) is 14.5 Å². The van der Waals surface area contributed by atoms with Crippen molar-refractivity contribution in [3.8, 4) is 0 Å². The average Bonchev–Trinajstić information content (AvgIpc) is 3.38. The Balaban J connectivity index is 1.48. The van der Waals surface area contributed by atoms with Gasteiger partial charge in [0.1, 0.15) is 0 Å². The van der Waals surface area contributed by atoms with Crippen molar-refractivity contribution < 1.29 is 9.59 Å². The molecule has 1 atom stereocenters.